The van der Waals surface area contributed by atoms with Gasteiger partial charge in [-0.25, -0.2) is 12.8 Å². The number of rotatable bonds is 7. The summed E-state index contributed by atoms with van der Waals surface area (Å²) in [5, 5.41) is 0.581. The van der Waals surface area contributed by atoms with Gasteiger partial charge in [0.15, 0.2) is 0 Å². The van der Waals surface area contributed by atoms with Crippen molar-refractivity contribution in [2.24, 2.45) is 5.41 Å². The second-order valence-corrected chi connectivity index (χ2v) is 11.8. The average Bonchev–Trinajstić information content (AvgIpc) is 2.84. The summed E-state index contributed by atoms with van der Waals surface area (Å²) in [6, 6.07) is 12.3. The van der Waals surface area contributed by atoms with Gasteiger partial charge in [-0.2, -0.15) is 4.31 Å². The number of piperidine rings is 1. The number of benzene rings is 2. The molecule has 0 radical (unpaired) electrons. The Morgan fingerprint density at radius 3 is 2.43 bits per heavy atom. The molecule has 0 spiro atoms. The van der Waals surface area contributed by atoms with Crippen LogP contribution in [0.25, 0.3) is 0 Å². The topological polar surface area (TPSA) is 70.2 Å². The number of sulfonamides is 1. The molecule has 0 saturated carbocycles. The Hall–Kier alpha value is -2.20. The highest BCUT2D eigenvalue weighted by Crippen LogP contribution is 2.38. The lowest BCUT2D eigenvalue weighted by Crippen LogP contribution is -2.53. The van der Waals surface area contributed by atoms with E-state index in [1.165, 1.54) is 22.5 Å². The summed E-state index contributed by atoms with van der Waals surface area (Å²) in [4.78, 5) is 17.0. The van der Waals surface area contributed by atoms with Crippen molar-refractivity contribution >= 4 is 27.5 Å². The largest absolute Gasteiger partial charge is 0.493 e. The number of piperazine rings is 1. The van der Waals surface area contributed by atoms with Gasteiger partial charge >= 0.3 is 0 Å². The van der Waals surface area contributed by atoms with Crippen LogP contribution < -0.4 is 4.74 Å². The third-order valence-electron chi connectivity index (χ3n) is 6.82. The van der Waals surface area contributed by atoms with E-state index in [1.54, 1.807) is 24.3 Å². The van der Waals surface area contributed by atoms with Crippen molar-refractivity contribution in [1.29, 1.82) is 0 Å². The van der Waals surface area contributed by atoms with Gasteiger partial charge in [0, 0.05) is 56.1 Å². The summed E-state index contributed by atoms with van der Waals surface area (Å²) in [6.07, 6.45) is 1.34. The summed E-state index contributed by atoms with van der Waals surface area (Å²) in [6.45, 7) is 3.39. The quantitative estimate of drug-likeness (QED) is 0.555. The second-order valence-electron chi connectivity index (χ2n) is 9.48. The molecule has 7 nitrogen and oxygen atoms in total. The minimum Gasteiger partial charge on any atom is -0.493 e. The zero-order chi connectivity index (χ0) is 25.1. The molecule has 2 saturated heterocycles. The molecule has 35 heavy (non-hydrogen) atoms. The van der Waals surface area contributed by atoms with Crippen molar-refractivity contribution < 1.29 is 22.3 Å². The highest BCUT2D eigenvalue weighted by Gasteiger charge is 2.43. The summed E-state index contributed by atoms with van der Waals surface area (Å²) in [5.74, 6) is -0.201. The predicted molar refractivity (Wildman–Crippen MR) is 132 cm³/mol. The third kappa shape index (κ3) is 6.14. The maximum absolute atomic E-state index is 14.4. The number of carbonyl (C=O) groups excluding carboxylic acids is 1. The molecule has 2 aromatic carbocycles. The van der Waals surface area contributed by atoms with Crippen molar-refractivity contribution in [3.05, 3.63) is 59.4 Å². The molecule has 1 amide bonds. The molecule has 190 valence electrons. The van der Waals surface area contributed by atoms with Gasteiger partial charge in [0.2, 0.25) is 15.9 Å². The standard InChI is InChI=1S/C25H31ClFN3O4S/c1-28-13-15-29(16-14-28)24(31)17-25(19-34-21-9-7-20(26)8-10-21)11-4-12-30(18-25)35(32,33)23-6-3-2-5-22(23)27/h2-3,5-10H,4,11-19H2,1H3/t25-/m0/s1. The summed E-state index contributed by atoms with van der Waals surface area (Å²) < 4.78 is 48.5. The third-order valence-corrected chi connectivity index (χ3v) is 8.95. The molecule has 1 atom stereocenters. The number of nitrogens with zero attached hydrogens (tertiary/aromatic N) is 3. The molecule has 2 aromatic rings. The van der Waals surface area contributed by atoms with Gasteiger partial charge in [0.1, 0.15) is 16.5 Å². The SMILES string of the molecule is CN1CCN(C(=O)C[C@@]2(COc3ccc(Cl)cc3)CCCN(S(=O)(=O)c3ccccc3F)C2)CC1. The van der Waals surface area contributed by atoms with E-state index in [1.807, 2.05) is 11.9 Å². The highest BCUT2D eigenvalue weighted by atomic mass is 35.5. The maximum Gasteiger partial charge on any atom is 0.246 e. The van der Waals surface area contributed by atoms with Crippen molar-refractivity contribution in [2.45, 2.75) is 24.2 Å². The Morgan fingerprint density at radius 2 is 1.74 bits per heavy atom. The molecule has 0 bridgehead atoms. The number of halogens is 2. The second kappa shape index (κ2) is 10.8. The fourth-order valence-corrected chi connectivity index (χ4v) is 6.51. The molecular formula is C25H31ClFN3O4S. The van der Waals surface area contributed by atoms with E-state index >= 15 is 0 Å². The summed E-state index contributed by atoms with van der Waals surface area (Å²) in [7, 11) is -2.04. The van der Waals surface area contributed by atoms with Crippen molar-refractivity contribution in [3.8, 4) is 5.75 Å². The van der Waals surface area contributed by atoms with Crippen molar-refractivity contribution in [2.75, 3.05) is 52.9 Å². The van der Waals surface area contributed by atoms with E-state index in [4.69, 9.17) is 16.3 Å². The van der Waals surface area contributed by atoms with Gasteiger partial charge in [-0.1, -0.05) is 23.7 Å². The number of carbonyl (C=O) groups is 1. The predicted octanol–water partition coefficient (Wildman–Crippen LogP) is 3.49. The monoisotopic (exact) mass is 523 g/mol. The molecule has 2 fully saturated rings. The lowest BCUT2D eigenvalue weighted by molar-refractivity contribution is -0.136. The van der Waals surface area contributed by atoms with Gasteiger partial charge < -0.3 is 14.5 Å². The number of amides is 1. The van der Waals surface area contributed by atoms with Crippen LogP contribution in [0.2, 0.25) is 5.02 Å². The Bertz CT molecular complexity index is 1140. The first kappa shape index (κ1) is 25.9. The first-order valence-electron chi connectivity index (χ1n) is 11.8. The van der Waals surface area contributed by atoms with Crippen LogP contribution in [0.5, 0.6) is 5.75 Å². The van der Waals surface area contributed by atoms with E-state index in [-0.39, 0.29) is 36.9 Å². The van der Waals surface area contributed by atoms with Crippen LogP contribution in [0.4, 0.5) is 4.39 Å². The number of hydrogen-bond acceptors (Lipinski definition) is 5. The molecule has 4 rings (SSSR count). The van der Waals surface area contributed by atoms with Crippen LogP contribution in [-0.2, 0) is 14.8 Å². The van der Waals surface area contributed by atoms with Crippen LogP contribution in [-0.4, -0.2) is 81.4 Å². The number of likely N-dealkylation sites (N-methyl/N-ethyl adjacent to an activating group) is 1. The Morgan fingerprint density at radius 1 is 1.06 bits per heavy atom. The lowest BCUT2D eigenvalue weighted by atomic mass is 9.78. The molecule has 2 aliphatic heterocycles. The average molecular weight is 524 g/mol. The molecule has 0 aromatic heterocycles. The highest BCUT2D eigenvalue weighted by molar-refractivity contribution is 7.89. The van der Waals surface area contributed by atoms with E-state index in [2.05, 4.69) is 4.90 Å². The fraction of sp³-hybridized carbons (Fsp3) is 0.480. The van der Waals surface area contributed by atoms with E-state index in [0.717, 1.165) is 19.2 Å². The first-order chi connectivity index (χ1) is 16.7. The van der Waals surface area contributed by atoms with E-state index in [0.29, 0.717) is 36.7 Å². The van der Waals surface area contributed by atoms with Crippen LogP contribution in [0.1, 0.15) is 19.3 Å². The van der Waals surface area contributed by atoms with Gasteiger partial charge in [-0.15, -0.1) is 0 Å². The Labute approximate surface area is 211 Å². The zero-order valence-corrected chi connectivity index (χ0v) is 21.4. The molecule has 0 aliphatic carbocycles. The number of hydrogen-bond donors (Lipinski definition) is 0. The van der Waals surface area contributed by atoms with E-state index in [9.17, 15) is 17.6 Å². The molecule has 0 unspecified atom stereocenters. The van der Waals surface area contributed by atoms with Crippen molar-refractivity contribution in [1.82, 2.24) is 14.1 Å². The van der Waals surface area contributed by atoms with Gasteiger partial charge in [-0.3, -0.25) is 4.79 Å². The van der Waals surface area contributed by atoms with Gasteiger partial charge in [0.05, 0.1) is 6.61 Å². The summed E-state index contributed by atoms with van der Waals surface area (Å²) in [5.41, 5.74) is -0.739. The van der Waals surface area contributed by atoms with Gasteiger partial charge in [0.25, 0.3) is 0 Å². The molecule has 2 heterocycles. The Balaban J connectivity index is 1.58. The minimum atomic E-state index is -4.07. The normalized spacial score (nSPS) is 22.2. The summed E-state index contributed by atoms with van der Waals surface area (Å²) >= 11 is 5.98. The van der Waals surface area contributed by atoms with Crippen LogP contribution in [0.15, 0.2) is 53.4 Å². The Kier molecular flexibility index (Phi) is 8.00. The smallest absolute Gasteiger partial charge is 0.246 e. The van der Waals surface area contributed by atoms with Gasteiger partial charge in [-0.05, 0) is 56.3 Å². The van der Waals surface area contributed by atoms with Crippen LogP contribution >= 0.6 is 11.6 Å². The minimum absolute atomic E-state index is 0.0112. The molecular weight excluding hydrogens is 493 g/mol. The zero-order valence-electron chi connectivity index (χ0n) is 19.8. The van der Waals surface area contributed by atoms with Crippen LogP contribution in [0, 0.1) is 11.2 Å². The van der Waals surface area contributed by atoms with E-state index < -0.39 is 21.3 Å². The van der Waals surface area contributed by atoms with Crippen molar-refractivity contribution in [3.63, 3.8) is 0 Å². The molecule has 2 aliphatic rings. The molecule has 0 N–H and O–H groups in total. The number of ether oxygens (including phenoxy) is 1. The maximum atomic E-state index is 14.4. The van der Waals surface area contributed by atoms with Crippen LogP contribution in [0.3, 0.4) is 0 Å². The fourth-order valence-electron chi connectivity index (χ4n) is 4.73. The first-order valence-corrected chi connectivity index (χ1v) is 13.6. The lowest BCUT2D eigenvalue weighted by Gasteiger charge is -2.43. The molecule has 10 heteroatoms.